The van der Waals surface area contributed by atoms with Gasteiger partial charge in [-0.3, -0.25) is 9.59 Å². The second-order valence-corrected chi connectivity index (χ2v) is 4.98. The standard InChI is InChI=1S/C18H16N2O3/c1-2-23-16-10-6-5-9-15(16)20-18(22)13-11-17(21)19-14-8-4-3-7-12(13)14/h3-11H,2H2,1H3,(H,19,21)(H,20,22). The molecule has 0 radical (unpaired) electrons. The number of H-pyrrole nitrogens is 1. The summed E-state index contributed by atoms with van der Waals surface area (Å²) in [5.41, 5.74) is 1.22. The summed E-state index contributed by atoms with van der Waals surface area (Å²) < 4.78 is 5.50. The molecule has 0 fully saturated rings. The highest BCUT2D eigenvalue weighted by Gasteiger charge is 2.13. The number of pyridine rings is 1. The number of carbonyl (C=O) groups is 1. The molecule has 0 unspecified atom stereocenters. The molecule has 5 heteroatoms. The third-order valence-electron chi connectivity index (χ3n) is 3.43. The molecule has 3 rings (SSSR count). The van der Waals surface area contributed by atoms with Crippen molar-refractivity contribution in [3.8, 4) is 5.75 Å². The number of aromatic nitrogens is 1. The summed E-state index contributed by atoms with van der Waals surface area (Å²) >= 11 is 0. The van der Waals surface area contributed by atoms with Gasteiger partial charge in [0.15, 0.2) is 0 Å². The Kier molecular flexibility index (Phi) is 4.10. The Hall–Kier alpha value is -3.08. The Labute approximate surface area is 132 Å². The van der Waals surface area contributed by atoms with Crippen molar-refractivity contribution < 1.29 is 9.53 Å². The Morgan fingerprint density at radius 3 is 2.70 bits per heavy atom. The highest BCUT2D eigenvalue weighted by atomic mass is 16.5. The zero-order valence-electron chi connectivity index (χ0n) is 12.6. The van der Waals surface area contributed by atoms with Crippen LogP contribution in [0, 0.1) is 0 Å². The van der Waals surface area contributed by atoms with Crippen LogP contribution in [0.4, 0.5) is 5.69 Å². The van der Waals surface area contributed by atoms with Gasteiger partial charge >= 0.3 is 0 Å². The van der Waals surface area contributed by atoms with Gasteiger partial charge in [0.25, 0.3) is 5.91 Å². The number of carbonyl (C=O) groups excluding carboxylic acids is 1. The number of rotatable bonds is 4. The molecular weight excluding hydrogens is 292 g/mol. The van der Waals surface area contributed by atoms with Crippen LogP contribution < -0.4 is 15.6 Å². The average molecular weight is 308 g/mol. The third kappa shape index (κ3) is 3.08. The number of nitrogens with one attached hydrogen (secondary N) is 2. The maximum atomic E-state index is 12.6. The van der Waals surface area contributed by atoms with E-state index in [-0.39, 0.29) is 11.5 Å². The minimum absolute atomic E-state index is 0.313. The van der Waals surface area contributed by atoms with E-state index in [4.69, 9.17) is 4.74 Å². The molecule has 116 valence electrons. The number of ether oxygens (including phenoxy) is 1. The lowest BCUT2D eigenvalue weighted by Gasteiger charge is -2.12. The first-order chi connectivity index (χ1) is 11.2. The first-order valence-electron chi connectivity index (χ1n) is 7.34. The third-order valence-corrected chi connectivity index (χ3v) is 3.43. The summed E-state index contributed by atoms with van der Waals surface area (Å²) in [6.45, 7) is 2.38. The molecule has 3 aromatic rings. The van der Waals surface area contributed by atoms with Crippen LogP contribution in [0.1, 0.15) is 17.3 Å². The minimum Gasteiger partial charge on any atom is -0.492 e. The van der Waals surface area contributed by atoms with Crippen molar-refractivity contribution in [3.63, 3.8) is 0 Å². The molecule has 0 atom stereocenters. The molecule has 23 heavy (non-hydrogen) atoms. The molecule has 5 nitrogen and oxygen atoms in total. The van der Waals surface area contributed by atoms with Crippen molar-refractivity contribution in [3.05, 3.63) is 70.5 Å². The fraction of sp³-hybridized carbons (Fsp3) is 0.111. The van der Waals surface area contributed by atoms with E-state index in [0.29, 0.717) is 34.5 Å². The monoisotopic (exact) mass is 308 g/mol. The van der Waals surface area contributed by atoms with Crippen LogP contribution in [0.25, 0.3) is 10.9 Å². The molecule has 0 aliphatic carbocycles. The lowest BCUT2D eigenvalue weighted by Crippen LogP contribution is -2.17. The number of hydrogen-bond donors (Lipinski definition) is 2. The quantitative estimate of drug-likeness (QED) is 0.777. The van der Waals surface area contributed by atoms with Gasteiger partial charge in [-0.05, 0) is 25.1 Å². The maximum absolute atomic E-state index is 12.6. The number of hydrogen-bond acceptors (Lipinski definition) is 3. The van der Waals surface area contributed by atoms with E-state index in [1.807, 2.05) is 31.2 Å². The largest absolute Gasteiger partial charge is 0.492 e. The van der Waals surface area contributed by atoms with Crippen LogP contribution in [0.2, 0.25) is 0 Å². The Morgan fingerprint density at radius 1 is 1.13 bits per heavy atom. The van der Waals surface area contributed by atoms with E-state index < -0.39 is 0 Å². The van der Waals surface area contributed by atoms with Gasteiger partial charge in [0.1, 0.15) is 5.75 Å². The van der Waals surface area contributed by atoms with Crippen molar-refractivity contribution >= 4 is 22.5 Å². The molecule has 0 saturated heterocycles. The average Bonchev–Trinajstić information content (AvgIpc) is 2.56. The zero-order chi connectivity index (χ0) is 16.2. The predicted octanol–water partition coefficient (Wildman–Crippen LogP) is 3.18. The number of anilines is 1. The zero-order valence-corrected chi connectivity index (χ0v) is 12.6. The van der Waals surface area contributed by atoms with Gasteiger partial charge in [0.05, 0.1) is 17.9 Å². The fourth-order valence-electron chi connectivity index (χ4n) is 2.43. The molecule has 0 aliphatic heterocycles. The van der Waals surface area contributed by atoms with Crippen LogP contribution in [0.5, 0.6) is 5.75 Å². The van der Waals surface area contributed by atoms with Crippen LogP contribution >= 0.6 is 0 Å². The summed E-state index contributed by atoms with van der Waals surface area (Å²) in [6.07, 6.45) is 0. The van der Waals surface area contributed by atoms with Gasteiger partial charge in [0.2, 0.25) is 5.56 Å². The summed E-state index contributed by atoms with van der Waals surface area (Å²) in [5.74, 6) is 0.247. The number of fused-ring (bicyclic) bond motifs is 1. The molecular formula is C18H16N2O3. The first-order valence-corrected chi connectivity index (χ1v) is 7.34. The SMILES string of the molecule is CCOc1ccccc1NC(=O)c1cc(=O)[nH]c2ccccc12. The van der Waals surface area contributed by atoms with Crippen LogP contribution in [-0.2, 0) is 0 Å². The molecule has 0 spiro atoms. The summed E-state index contributed by atoms with van der Waals surface area (Å²) in [5, 5.41) is 3.51. The van der Waals surface area contributed by atoms with E-state index in [0.717, 1.165) is 0 Å². The maximum Gasteiger partial charge on any atom is 0.256 e. The van der Waals surface area contributed by atoms with Crippen LogP contribution in [0.3, 0.4) is 0 Å². The van der Waals surface area contributed by atoms with Gasteiger partial charge < -0.3 is 15.0 Å². The van der Waals surface area contributed by atoms with E-state index in [1.54, 1.807) is 24.3 Å². The lowest BCUT2D eigenvalue weighted by atomic mass is 10.1. The number of benzene rings is 2. The van der Waals surface area contributed by atoms with Crippen molar-refractivity contribution in [2.45, 2.75) is 6.92 Å². The minimum atomic E-state index is -0.348. The van der Waals surface area contributed by atoms with E-state index in [2.05, 4.69) is 10.3 Å². The van der Waals surface area contributed by atoms with Gasteiger partial charge in [0, 0.05) is 17.0 Å². The highest BCUT2D eigenvalue weighted by Crippen LogP contribution is 2.25. The Morgan fingerprint density at radius 2 is 1.87 bits per heavy atom. The van der Waals surface area contributed by atoms with E-state index in [9.17, 15) is 9.59 Å². The second-order valence-electron chi connectivity index (χ2n) is 4.98. The molecule has 2 N–H and O–H groups in total. The van der Waals surface area contributed by atoms with E-state index in [1.165, 1.54) is 6.07 Å². The van der Waals surface area contributed by atoms with Crippen molar-refractivity contribution in [1.29, 1.82) is 0 Å². The van der Waals surface area contributed by atoms with Gasteiger partial charge in [-0.2, -0.15) is 0 Å². The highest BCUT2D eigenvalue weighted by molar-refractivity contribution is 6.12. The number of amides is 1. The molecule has 1 aromatic heterocycles. The molecule has 0 aliphatic rings. The first kappa shape index (κ1) is 14.8. The summed E-state index contributed by atoms with van der Waals surface area (Å²) in [6, 6.07) is 15.7. The smallest absolute Gasteiger partial charge is 0.256 e. The van der Waals surface area contributed by atoms with Crippen molar-refractivity contribution in [1.82, 2.24) is 4.98 Å². The van der Waals surface area contributed by atoms with Gasteiger partial charge in [-0.25, -0.2) is 0 Å². The van der Waals surface area contributed by atoms with E-state index >= 15 is 0 Å². The number of aromatic amines is 1. The summed E-state index contributed by atoms with van der Waals surface area (Å²) in [4.78, 5) is 27.1. The summed E-state index contributed by atoms with van der Waals surface area (Å²) in [7, 11) is 0. The lowest BCUT2D eigenvalue weighted by molar-refractivity contribution is 0.102. The fourth-order valence-corrected chi connectivity index (χ4v) is 2.43. The number of para-hydroxylation sites is 3. The molecule has 1 amide bonds. The normalized spacial score (nSPS) is 10.5. The molecule has 0 saturated carbocycles. The molecule has 0 bridgehead atoms. The van der Waals surface area contributed by atoms with Gasteiger partial charge in [-0.15, -0.1) is 0 Å². The van der Waals surface area contributed by atoms with Crippen molar-refractivity contribution in [2.75, 3.05) is 11.9 Å². The Bertz CT molecular complexity index is 915. The van der Waals surface area contributed by atoms with Gasteiger partial charge in [-0.1, -0.05) is 30.3 Å². The van der Waals surface area contributed by atoms with Crippen molar-refractivity contribution in [2.24, 2.45) is 0 Å². The predicted molar refractivity (Wildman–Crippen MR) is 90.1 cm³/mol. The molecule has 1 heterocycles. The Balaban J connectivity index is 2.00. The second kappa shape index (κ2) is 6.36. The topological polar surface area (TPSA) is 71.2 Å². The van der Waals surface area contributed by atoms with Crippen LogP contribution in [0.15, 0.2) is 59.4 Å². The van der Waals surface area contributed by atoms with Crippen LogP contribution in [-0.4, -0.2) is 17.5 Å². The molecule has 2 aromatic carbocycles.